The highest BCUT2D eigenvalue weighted by atomic mass is 16.8. The van der Waals surface area contributed by atoms with E-state index in [1.165, 1.54) is 22.9 Å². The Morgan fingerprint density at radius 2 is 1.48 bits per heavy atom. The number of fused-ring (bicyclic) bond motifs is 3. The molecule has 3 aromatic rings. The van der Waals surface area contributed by atoms with Gasteiger partial charge in [-0.05, 0) is 51.8 Å². The first-order chi connectivity index (χ1) is 15.2. The SMILES string of the molecule is [O-][N+]([O-])=C1C=CC(=CC=C2C=C(c3ccccc3)Nc3ccc4ccccc4c32)C=C1. The zero-order chi connectivity index (χ0) is 21.2. The van der Waals surface area contributed by atoms with Crippen molar-refractivity contribution in [2.45, 2.75) is 0 Å². The highest BCUT2D eigenvalue weighted by molar-refractivity contribution is 6.08. The third-order valence-electron chi connectivity index (χ3n) is 5.43. The number of nitrogens with one attached hydrogen (secondary N) is 1. The number of anilines is 1. The van der Waals surface area contributed by atoms with Gasteiger partial charge in [-0.25, -0.2) is 0 Å². The van der Waals surface area contributed by atoms with Crippen LogP contribution < -0.4 is 5.32 Å². The Morgan fingerprint density at radius 1 is 0.742 bits per heavy atom. The lowest BCUT2D eigenvalue weighted by Crippen LogP contribution is -2.07. The fraction of sp³-hybridized carbons (Fsp3) is 0. The van der Waals surface area contributed by atoms with Crippen LogP contribution in [0.15, 0.2) is 115 Å². The van der Waals surface area contributed by atoms with Crippen molar-refractivity contribution in [3.63, 3.8) is 0 Å². The number of hydrogen-bond donors (Lipinski definition) is 1. The number of rotatable bonds is 2. The monoisotopic (exact) mass is 403 g/mol. The summed E-state index contributed by atoms with van der Waals surface area (Å²) in [6.45, 7) is 0. The van der Waals surface area contributed by atoms with E-state index in [0.29, 0.717) is 0 Å². The van der Waals surface area contributed by atoms with Crippen LogP contribution in [0.3, 0.4) is 0 Å². The Labute approximate surface area is 180 Å². The molecule has 0 spiro atoms. The first-order valence-electron chi connectivity index (χ1n) is 10.0. The van der Waals surface area contributed by atoms with Crippen LogP contribution in [0.2, 0.25) is 0 Å². The molecule has 0 amide bonds. The number of hydrogen-bond acceptors (Lipinski definition) is 3. The van der Waals surface area contributed by atoms with Gasteiger partial charge >= 0.3 is 0 Å². The molecule has 0 saturated heterocycles. The van der Waals surface area contributed by atoms with Gasteiger partial charge in [-0.3, -0.25) is 0 Å². The summed E-state index contributed by atoms with van der Waals surface area (Å²) in [5, 5.41) is 27.8. The van der Waals surface area contributed by atoms with Gasteiger partial charge in [0.2, 0.25) is 5.71 Å². The summed E-state index contributed by atoms with van der Waals surface area (Å²) >= 11 is 0. The molecule has 5 rings (SSSR count). The molecule has 0 saturated carbocycles. The van der Waals surface area contributed by atoms with Crippen LogP contribution in [-0.2, 0) is 0 Å². The van der Waals surface area contributed by atoms with Gasteiger partial charge in [0.25, 0.3) is 0 Å². The summed E-state index contributed by atoms with van der Waals surface area (Å²) in [5.41, 5.74) is 6.44. The molecule has 1 heterocycles. The van der Waals surface area contributed by atoms with Gasteiger partial charge in [0.05, 0.1) is 0 Å². The zero-order valence-electron chi connectivity index (χ0n) is 16.7. The predicted octanol–water partition coefficient (Wildman–Crippen LogP) is 6.19. The average Bonchev–Trinajstić information content (AvgIpc) is 2.83. The Kier molecular flexibility index (Phi) is 4.73. The predicted molar refractivity (Wildman–Crippen MR) is 128 cm³/mol. The molecule has 0 fully saturated rings. The highest BCUT2D eigenvalue weighted by Gasteiger charge is 2.18. The molecule has 3 aromatic carbocycles. The van der Waals surface area contributed by atoms with Gasteiger partial charge in [0, 0.05) is 29.1 Å². The normalized spacial score (nSPS) is 16.1. The average molecular weight is 403 g/mol. The van der Waals surface area contributed by atoms with E-state index < -0.39 is 0 Å². The van der Waals surface area contributed by atoms with Gasteiger partial charge in [-0.15, -0.1) is 0 Å². The van der Waals surface area contributed by atoms with Crippen molar-refractivity contribution in [1.29, 1.82) is 0 Å². The molecule has 2 aliphatic rings. The minimum Gasteiger partial charge on any atom is -0.612 e. The third-order valence-corrected chi connectivity index (χ3v) is 5.43. The molecule has 0 bridgehead atoms. The molecule has 1 aliphatic carbocycles. The maximum absolute atomic E-state index is 10.9. The maximum atomic E-state index is 10.9. The van der Waals surface area contributed by atoms with Gasteiger partial charge in [-0.1, -0.05) is 72.8 Å². The van der Waals surface area contributed by atoms with E-state index in [4.69, 9.17) is 0 Å². The van der Waals surface area contributed by atoms with Crippen molar-refractivity contribution in [1.82, 2.24) is 0 Å². The molecular formula is C27H19N2O2-. The molecule has 150 valence electrons. The van der Waals surface area contributed by atoms with E-state index >= 15 is 0 Å². The molecule has 1 N–H and O–H groups in total. The second kappa shape index (κ2) is 7.84. The molecule has 0 aromatic heterocycles. The van der Waals surface area contributed by atoms with Crippen LogP contribution in [-0.4, -0.2) is 10.6 Å². The lowest BCUT2D eigenvalue weighted by molar-refractivity contribution is -0.377. The van der Waals surface area contributed by atoms with E-state index in [-0.39, 0.29) is 10.6 Å². The summed E-state index contributed by atoms with van der Waals surface area (Å²) in [4.78, 5) is -0.383. The Morgan fingerprint density at radius 3 is 2.26 bits per heavy atom. The fourth-order valence-corrected chi connectivity index (χ4v) is 3.89. The van der Waals surface area contributed by atoms with Crippen molar-refractivity contribution < 1.29 is 4.90 Å². The van der Waals surface area contributed by atoms with Crippen LogP contribution in [0.25, 0.3) is 22.0 Å². The van der Waals surface area contributed by atoms with Crippen molar-refractivity contribution in [2.75, 3.05) is 5.32 Å². The van der Waals surface area contributed by atoms with Crippen LogP contribution >= 0.6 is 0 Å². The van der Waals surface area contributed by atoms with Crippen LogP contribution in [0.1, 0.15) is 11.1 Å². The van der Waals surface area contributed by atoms with Crippen molar-refractivity contribution >= 4 is 33.4 Å². The van der Waals surface area contributed by atoms with Crippen LogP contribution in [0.5, 0.6) is 0 Å². The molecule has 31 heavy (non-hydrogen) atoms. The summed E-state index contributed by atoms with van der Waals surface area (Å²) < 4.78 is 0. The standard InChI is InChI=1S/C27H19N2O2/c30-29(31)23-15-11-19(12-16-23)10-13-22-18-26(21-7-2-1-3-8-21)28-25-17-14-20-6-4-5-9-24(20)27(22)25/h1-18,28H/q-1. The number of allylic oxidation sites excluding steroid dienone is 9. The lowest BCUT2D eigenvalue weighted by Gasteiger charge is -2.23. The van der Waals surface area contributed by atoms with E-state index in [2.05, 4.69) is 59.9 Å². The Bertz CT molecular complexity index is 1330. The second-order valence-electron chi connectivity index (χ2n) is 7.40. The molecule has 0 radical (unpaired) electrons. The van der Waals surface area contributed by atoms with Crippen molar-refractivity contribution in [3.8, 4) is 0 Å². The van der Waals surface area contributed by atoms with E-state index in [9.17, 15) is 10.4 Å². The van der Waals surface area contributed by atoms with Gasteiger partial charge in [0.1, 0.15) is 0 Å². The second-order valence-corrected chi connectivity index (χ2v) is 7.40. The summed E-state index contributed by atoms with van der Waals surface area (Å²) in [5.74, 6) is 0. The van der Waals surface area contributed by atoms with Gasteiger partial charge in [0.15, 0.2) is 0 Å². The number of nitrogens with zero attached hydrogens (tertiary/aromatic N) is 1. The van der Waals surface area contributed by atoms with Gasteiger partial charge in [-0.2, -0.15) is 4.90 Å². The minimum atomic E-state index is -0.383. The maximum Gasteiger partial charge on any atom is 0.222 e. The highest BCUT2D eigenvalue weighted by Crippen LogP contribution is 2.39. The van der Waals surface area contributed by atoms with Gasteiger partial charge < -0.3 is 15.7 Å². The van der Waals surface area contributed by atoms with E-state index in [1.807, 2.05) is 30.3 Å². The number of benzene rings is 3. The third kappa shape index (κ3) is 3.67. The summed E-state index contributed by atoms with van der Waals surface area (Å²) in [6.07, 6.45) is 12.8. The van der Waals surface area contributed by atoms with Crippen LogP contribution in [0.4, 0.5) is 5.69 Å². The lowest BCUT2D eigenvalue weighted by atomic mass is 9.91. The first kappa shape index (κ1) is 18.7. The molecule has 0 unspecified atom stereocenters. The van der Waals surface area contributed by atoms with Crippen molar-refractivity contribution in [2.24, 2.45) is 0 Å². The van der Waals surface area contributed by atoms with E-state index in [1.54, 1.807) is 12.2 Å². The molecule has 4 heteroatoms. The quantitative estimate of drug-likeness (QED) is 0.410. The first-order valence-corrected chi connectivity index (χ1v) is 10.0. The topological polar surface area (TPSA) is 61.2 Å². The smallest absolute Gasteiger partial charge is 0.222 e. The van der Waals surface area contributed by atoms with Crippen molar-refractivity contribution in [3.05, 3.63) is 136 Å². The van der Waals surface area contributed by atoms with E-state index in [0.717, 1.165) is 33.7 Å². The van der Waals surface area contributed by atoms with Crippen LogP contribution in [0, 0.1) is 10.4 Å². The Balaban J connectivity index is 1.64. The molecule has 1 aliphatic heterocycles. The molecular weight excluding hydrogens is 384 g/mol. The minimum absolute atomic E-state index is 0.0919. The molecule has 4 nitrogen and oxygen atoms in total. The summed E-state index contributed by atoms with van der Waals surface area (Å²) in [7, 11) is 0. The Hall–Kier alpha value is -4.31. The summed E-state index contributed by atoms with van der Waals surface area (Å²) in [6, 6.07) is 22.8. The molecule has 0 atom stereocenters. The largest absolute Gasteiger partial charge is 0.612 e. The fourth-order valence-electron chi connectivity index (χ4n) is 3.89. The zero-order valence-corrected chi connectivity index (χ0v) is 16.7.